The standard InChI is InChI=1S/C19H18F3N3O4/c1-12(23-17(26)14-4-3-5-16(10-14)25(28)29)18(27)24(2)11-13-6-8-15(9-7-13)19(20,21)22/h3-10,12H,11H2,1-2H3,(H,23,26). The van der Waals surface area contributed by atoms with Gasteiger partial charge in [0.25, 0.3) is 11.6 Å². The Morgan fingerprint density at radius 1 is 1.17 bits per heavy atom. The highest BCUT2D eigenvalue weighted by molar-refractivity contribution is 5.97. The number of nitro groups is 1. The third-order valence-corrected chi connectivity index (χ3v) is 4.11. The van der Waals surface area contributed by atoms with Crippen molar-refractivity contribution in [1.29, 1.82) is 0 Å². The van der Waals surface area contributed by atoms with E-state index in [4.69, 9.17) is 0 Å². The van der Waals surface area contributed by atoms with E-state index in [0.29, 0.717) is 5.56 Å². The molecule has 0 fully saturated rings. The van der Waals surface area contributed by atoms with E-state index in [2.05, 4.69) is 5.32 Å². The Labute approximate surface area is 164 Å². The summed E-state index contributed by atoms with van der Waals surface area (Å²) in [6.07, 6.45) is -4.44. The third-order valence-electron chi connectivity index (χ3n) is 4.11. The van der Waals surface area contributed by atoms with Crippen molar-refractivity contribution in [2.75, 3.05) is 7.05 Å². The zero-order chi connectivity index (χ0) is 21.8. The van der Waals surface area contributed by atoms with Crippen LogP contribution in [0.25, 0.3) is 0 Å². The fourth-order valence-electron chi connectivity index (χ4n) is 2.58. The summed E-state index contributed by atoms with van der Waals surface area (Å²) in [4.78, 5) is 36.1. The fourth-order valence-corrected chi connectivity index (χ4v) is 2.58. The van der Waals surface area contributed by atoms with Crippen LogP contribution in [0.4, 0.5) is 18.9 Å². The van der Waals surface area contributed by atoms with Crippen LogP contribution in [0, 0.1) is 10.1 Å². The van der Waals surface area contributed by atoms with Gasteiger partial charge < -0.3 is 10.2 Å². The van der Waals surface area contributed by atoms with Crippen LogP contribution in [-0.2, 0) is 17.5 Å². The number of hydrogen-bond acceptors (Lipinski definition) is 4. The van der Waals surface area contributed by atoms with Crippen molar-refractivity contribution in [1.82, 2.24) is 10.2 Å². The van der Waals surface area contributed by atoms with Crippen LogP contribution in [0.3, 0.4) is 0 Å². The van der Waals surface area contributed by atoms with Gasteiger partial charge in [-0.25, -0.2) is 0 Å². The highest BCUT2D eigenvalue weighted by Crippen LogP contribution is 2.29. The number of nitrogens with one attached hydrogen (secondary N) is 1. The molecule has 10 heteroatoms. The van der Waals surface area contributed by atoms with Gasteiger partial charge >= 0.3 is 6.18 Å². The molecule has 0 saturated heterocycles. The maximum atomic E-state index is 12.6. The summed E-state index contributed by atoms with van der Waals surface area (Å²) in [7, 11) is 1.45. The summed E-state index contributed by atoms with van der Waals surface area (Å²) in [5, 5.41) is 13.3. The number of rotatable bonds is 6. The molecule has 0 aliphatic rings. The number of benzene rings is 2. The summed E-state index contributed by atoms with van der Waals surface area (Å²) in [5.41, 5.74) is -0.515. The summed E-state index contributed by atoms with van der Waals surface area (Å²) in [6.45, 7) is 1.49. The average molecular weight is 409 g/mol. The number of hydrogen-bond donors (Lipinski definition) is 1. The second kappa shape index (κ2) is 8.72. The molecule has 1 unspecified atom stereocenters. The van der Waals surface area contributed by atoms with Crippen LogP contribution >= 0.6 is 0 Å². The maximum Gasteiger partial charge on any atom is 0.416 e. The minimum Gasteiger partial charge on any atom is -0.341 e. The third kappa shape index (κ3) is 5.77. The molecule has 2 rings (SSSR count). The van der Waals surface area contributed by atoms with E-state index in [1.165, 1.54) is 49.2 Å². The molecule has 154 valence electrons. The number of carbonyl (C=O) groups excluding carboxylic acids is 2. The lowest BCUT2D eigenvalue weighted by Crippen LogP contribution is -2.45. The molecule has 0 aliphatic heterocycles. The number of alkyl halides is 3. The number of carbonyl (C=O) groups is 2. The Morgan fingerprint density at radius 3 is 2.34 bits per heavy atom. The number of nitro benzene ring substituents is 1. The molecular weight excluding hydrogens is 391 g/mol. The Hall–Kier alpha value is -3.43. The lowest BCUT2D eigenvalue weighted by molar-refractivity contribution is -0.384. The highest BCUT2D eigenvalue weighted by atomic mass is 19.4. The first-order valence-electron chi connectivity index (χ1n) is 8.45. The van der Waals surface area contributed by atoms with E-state index in [-0.39, 0.29) is 17.8 Å². The van der Waals surface area contributed by atoms with Gasteiger partial charge in [-0.3, -0.25) is 19.7 Å². The van der Waals surface area contributed by atoms with Crippen molar-refractivity contribution in [3.8, 4) is 0 Å². The molecule has 0 bridgehead atoms. The Bertz CT molecular complexity index is 914. The molecule has 0 radical (unpaired) electrons. The number of halogens is 3. The zero-order valence-electron chi connectivity index (χ0n) is 15.6. The molecule has 29 heavy (non-hydrogen) atoms. The summed E-state index contributed by atoms with van der Waals surface area (Å²) in [6, 6.07) is 8.55. The molecule has 1 atom stereocenters. The van der Waals surface area contributed by atoms with Crippen molar-refractivity contribution < 1.29 is 27.7 Å². The van der Waals surface area contributed by atoms with Gasteiger partial charge in [0.2, 0.25) is 5.91 Å². The van der Waals surface area contributed by atoms with Gasteiger partial charge in [0.15, 0.2) is 0 Å². The van der Waals surface area contributed by atoms with Gasteiger partial charge in [-0.05, 0) is 30.7 Å². The predicted molar refractivity (Wildman–Crippen MR) is 97.9 cm³/mol. The van der Waals surface area contributed by atoms with Crippen LogP contribution in [0.5, 0.6) is 0 Å². The quantitative estimate of drug-likeness (QED) is 0.585. The second-order valence-corrected chi connectivity index (χ2v) is 6.39. The zero-order valence-corrected chi connectivity index (χ0v) is 15.6. The van der Waals surface area contributed by atoms with E-state index in [9.17, 15) is 32.9 Å². The smallest absolute Gasteiger partial charge is 0.341 e. The maximum absolute atomic E-state index is 12.6. The van der Waals surface area contributed by atoms with Crippen LogP contribution in [0.1, 0.15) is 28.4 Å². The van der Waals surface area contributed by atoms with E-state index < -0.39 is 34.5 Å². The Morgan fingerprint density at radius 2 is 1.79 bits per heavy atom. The fraction of sp³-hybridized carbons (Fsp3) is 0.263. The van der Waals surface area contributed by atoms with Crippen molar-refractivity contribution in [2.24, 2.45) is 0 Å². The van der Waals surface area contributed by atoms with Gasteiger partial charge in [-0.1, -0.05) is 18.2 Å². The van der Waals surface area contributed by atoms with Crippen molar-refractivity contribution in [2.45, 2.75) is 25.7 Å². The minimum absolute atomic E-state index is 0.0317. The monoisotopic (exact) mass is 409 g/mol. The number of likely N-dealkylation sites (N-methyl/N-ethyl adjacent to an activating group) is 1. The molecule has 0 aliphatic carbocycles. The SMILES string of the molecule is CC(NC(=O)c1cccc([N+](=O)[O-])c1)C(=O)N(C)Cc1ccc(C(F)(F)F)cc1. The molecule has 0 heterocycles. The summed E-state index contributed by atoms with van der Waals surface area (Å²) in [5.74, 6) is -1.12. The van der Waals surface area contributed by atoms with Gasteiger partial charge in [0, 0.05) is 31.3 Å². The first-order valence-corrected chi connectivity index (χ1v) is 8.45. The Kier molecular flexibility index (Phi) is 6.57. The molecule has 0 spiro atoms. The molecule has 7 nitrogen and oxygen atoms in total. The Balaban J connectivity index is 1.99. The van der Waals surface area contributed by atoms with Crippen LogP contribution in [0.2, 0.25) is 0 Å². The van der Waals surface area contributed by atoms with E-state index >= 15 is 0 Å². The lowest BCUT2D eigenvalue weighted by atomic mass is 10.1. The summed E-state index contributed by atoms with van der Waals surface area (Å²) >= 11 is 0. The molecule has 2 aromatic rings. The van der Waals surface area contributed by atoms with Crippen LogP contribution in [-0.4, -0.2) is 34.7 Å². The lowest BCUT2D eigenvalue weighted by Gasteiger charge is -2.22. The number of amides is 2. The van der Waals surface area contributed by atoms with Gasteiger partial charge in [0.1, 0.15) is 6.04 Å². The molecule has 2 aromatic carbocycles. The van der Waals surface area contributed by atoms with Gasteiger partial charge in [-0.2, -0.15) is 13.2 Å². The summed E-state index contributed by atoms with van der Waals surface area (Å²) < 4.78 is 37.8. The van der Waals surface area contributed by atoms with Crippen LogP contribution < -0.4 is 5.32 Å². The molecular formula is C19H18F3N3O4. The van der Waals surface area contributed by atoms with Crippen molar-refractivity contribution in [3.63, 3.8) is 0 Å². The highest BCUT2D eigenvalue weighted by Gasteiger charge is 2.30. The van der Waals surface area contributed by atoms with E-state index in [1.54, 1.807) is 0 Å². The largest absolute Gasteiger partial charge is 0.416 e. The normalized spacial score (nSPS) is 12.2. The van der Waals surface area contributed by atoms with Crippen LogP contribution in [0.15, 0.2) is 48.5 Å². The van der Waals surface area contributed by atoms with E-state index in [0.717, 1.165) is 18.2 Å². The molecule has 1 N–H and O–H groups in total. The van der Waals surface area contributed by atoms with Crippen molar-refractivity contribution in [3.05, 3.63) is 75.3 Å². The molecule has 0 saturated carbocycles. The number of nitrogens with zero attached hydrogens (tertiary/aromatic N) is 2. The van der Waals surface area contributed by atoms with Gasteiger partial charge in [0.05, 0.1) is 10.5 Å². The molecule has 2 amide bonds. The van der Waals surface area contributed by atoms with Crippen molar-refractivity contribution >= 4 is 17.5 Å². The van der Waals surface area contributed by atoms with Gasteiger partial charge in [-0.15, -0.1) is 0 Å². The average Bonchev–Trinajstić information content (AvgIpc) is 2.67. The van der Waals surface area contributed by atoms with E-state index in [1.807, 2.05) is 0 Å². The first-order chi connectivity index (χ1) is 13.5. The number of non-ortho nitro benzene ring substituents is 1. The minimum atomic E-state index is -4.44. The first kappa shape index (κ1) is 21.9. The predicted octanol–water partition coefficient (Wildman–Crippen LogP) is 3.39. The topological polar surface area (TPSA) is 92.5 Å². The second-order valence-electron chi connectivity index (χ2n) is 6.39. The molecule has 0 aromatic heterocycles.